The summed E-state index contributed by atoms with van der Waals surface area (Å²) in [5.74, 6) is 0.703. The molecule has 0 amide bonds. The van der Waals surface area contributed by atoms with Gasteiger partial charge >= 0.3 is 0 Å². The van der Waals surface area contributed by atoms with Crippen LogP contribution in [-0.4, -0.2) is 30.1 Å². The number of pyridine rings is 2. The predicted octanol–water partition coefficient (Wildman–Crippen LogP) is 7.37. The van der Waals surface area contributed by atoms with E-state index in [9.17, 15) is 0 Å². The Hall–Kier alpha value is -4.30. The summed E-state index contributed by atoms with van der Waals surface area (Å²) in [7, 11) is 0. The second-order valence-electron chi connectivity index (χ2n) is 9.90. The average molecular weight is 508 g/mol. The average Bonchev–Trinajstić information content (AvgIpc) is 3.62. The number of rotatable bonds is 7. The SMILES string of the molecule is C=C/C=C(/c1ccsc1)c1nc(-c2[nH]nc3ncc(-c4cncc(NC(=C)C(C)(C)C)c4)cc23)[nH]c1C. The van der Waals surface area contributed by atoms with Crippen LogP contribution in [0.25, 0.3) is 39.3 Å². The third kappa shape index (κ3) is 4.88. The highest BCUT2D eigenvalue weighted by Crippen LogP contribution is 2.33. The van der Waals surface area contributed by atoms with Crippen molar-refractivity contribution in [2.75, 3.05) is 5.32 Å². The minimum atomic E-state index is -0.0632. The first-order chi connectivity index (χ1) is 17.7. The number of fused-ring (bicyclic) bond motifs is 1. The van der Waals surface area contributed by atoms with E-state index in [0.29, 0.717) is 11.5 Å². The Morgan fingerprint density at radius 1 is 1.14 bits per heavy atom. The number of aryl methyl sites for hydroxylation is 1. The molecule has 0 bridgehead atoms. The van der Waals surface area contributed by atoms with Gasteiger partial charge in [-0.1, -0.05) is 46.1 Å². The van der Waals surface area contributed by atoms with Crippen LogP contribution in [0.5, 0.6) is 0 Å². The lowest BCUT2D eigenvalue weighted by molar-refractivity contribution is 0.509. The maximum atomic E-state index is 4.95. The van der Waals surface area contributed by atoms with Crippen LogP contribution in [0.4, 0.5) is 5.69 Å². The Bertz CT molecular complexity index is 1630. The van der Waals surface area contributed by atoms with Gasteiger partial charge in [0.1, 0.15) is 5.69 Å². The van der Waals surface area contributed by atoms with Crippen LogP contribution in [0.2, 0.25) is 0 Å². The molecule has 0 aliphatic rings. The molecule has 5 aromatic rings. The molecular formula is C29H29N7S. The van der Waals surface area contributed by atoms with Crippen molar-refractivity contribution in [1.82, 2.24) is 30.1 Å². The van der Waals surface area contributed by atoms with E-state index >= 15 is 0 Å². The van der Waals surface area contributed by atoms with Crippen molar-refractivity contribution in [3.63, 3.8) is 0 Å². The van der Waals surface area contributed by atoms with Crippen LogP contribution >= 0.6 is 11.3 Å². The Kier molecular flexibility index (Phi) is 6.35. The molecule has 3 N–H and O–H groups in total. The van der Waals surface area contributed by atoms with Crippen molar-refractivity contribution in [1.29, 1.82) is 0 Å². The molecule has 0 radical (unpaired) electrons. The van der Waals surface area contributed by atoms with E-state index in [2.05, 4.69) is 93.4 Å². The van der Waals surface area contributed by atoms with Crippen molar-refractivity contribution < 1.29 is 0 Å². The molecule has 0 spiro atoms. The van der Waals surface area contributed by atoms with Gasteiger partial charge in [0.05, 0.1) is 23.0 Å². The zero-order valence-corrected chi connectivity index (χ0v) is 22.2. The fourth-order valence-corrected chi connectivity index (χ4v) is 4.61. The van der Waals surface area contributed by atoms with Gasteiger partial charge in [-0.3, -0.25) is 10.1 Å². The van der Waals surface area contributed by atoms with Gasteiger partial charge in [-0.25, -0.2) is 9.97 Å². The van der Waals surface area contributed by atoms with Gasteiger partial charge < -0.3 is 10.3 Å². The molecular weight excluding hydrogens is 478 g/mol. The van der Waals surface area contributed by atoms with Crippen LogP contribution in [-0.2, 0) is 0 Å². The highest BCUT2D eigenvalue weighted by atomic mass is 32.1. The fraction of sp³-hybridized carbons (Fsp3) is 0.172. The van der Waals surface area contributed by atoms with Gasteiger partial charge in [-0.15, -0.1) is 0 Å². The first kappa shape index (κ1) is 24.4. The van der Waals surface area contributed by atoms with E-state index in [4.69, 9.17) is 4.98 Å². The van der Waals surface area contributed by atoms with Gasteiger partial charge in [-0.2, -0.15) is 16.4 Å². The van der Waals surface area contributed by atoms with Crippen LogP contribution in [0.3, 0.4) is 0 Å². The number of hydrogen-bond donors (Lipinski definition) is 3. The second-order valence-corrected chi connectivity index (χ2v) is 10.7. The van der Waals surface area contributed by atoms with E-state index in [1.54, 1.807) is 23.6 Å². The first-order valence-electron chi connectivity index (χ1n) is 11.9. The molecule has 0 aromatic carbocycles. The number of nitrogens with one attached hydrogen (secondary N) is 3. The molecule has 5 aromatic heterocycles. The molecule has 0 fully saturated rings. The summed E-state index contributed by atoms with van der Waals surface area (Å²) in [5, 5.41) is 16.0. The third-order valence-electron chi connectivity index (χ3n) is 6.18. The topological polar surface area (TPSA) is 95.2 Å². The smallest absolute Gasteiger partial charge is 0.181 e. The third-order valence-corrected chi connectivity index (χ3v) is 6.86. The minimum absolute atomic E-state index is 0.0632. The number of imidazole rings is 1. The number of allylic oxidation sites excluding steroid dienone is 3. The molecule has 0 aliphatic heterocycles. The summed E-state index contributed by atoms with van der Waals surface area (Å²) >= 11 is 1.65. The lowest BCUT2D eigenvalue weighted by atomic mass is 9.93. The van der Waals surface area contributed by atoms with Gasteiger partial charge in [0.2, 0.25) is 0 Å². The normalized spacial score (nSPS) is 12.2. The van der Waals surface area contributed by atoms with Gasteiger partial charge in [0, 0.05) is 45.9 Å². The maximum absolute atomic E-state index is 4.95. The summed E-state index contributed by atoms with van der Waals surface area (Å²) in [6.07, 6.45) is 9.21. The molecule has 0 saturated heterocycles. The molecule has 8 heteroatoms. The lowest BCUT2D eigenvalue weighted by Gasteiger charge is -2.23. The number of aromatic amines is 2. The van der Waals surface area contributed by atoms with Gasteiger partial charge in [0.25, 0.3) is 0 Å². The van der Waals surface area contributed by atoms with Crippen molar-refractivity contribution >= 4 is 33.6 Å². The quantitative estimate of drug-likeness (QED) is 0.200. The summed E-state index contributed by atoms with van der Waals surface area (Å²) in [5.41, 5.74) is 8.99. The molecule has 5 heterocycles. The van der Waals surface area contributed by atoms with E-state index in [1.165, 1.54) is 0 Å². The number of hydrogen-bond acceptors (Lipinski definition) is 6. The molecule has 37 heavy (non-hydrogen) atoms. The molecule has 0 saturated carbocycles. The second kappa shape index (κ2) is 9.63. The summed E-state index contributed by atoms with van der Waals surface area (Å²) in [6, 6.07) is 6.20. The molecule has 186 valence electrons. The van der Waals surface area contributed by atoms with Gasteiger partial charge in [0.15, 0.2) is 11.5 Å². The van der Waals surface area contributed by atoms with E-state index < -0.39 is 0 Å². The fourth-order valence-electron chi connectivity index (χ4n) is 3.95. The highest BCUT2D eigenvalue weighted by molar-refractivity contribution is 7.08. The number of anilines is 1. The molecule has 0 aliphatic carbocycles. The zero-order valence-electron chi connectivity index (χ0n) is 21.4. The van der Waals surface area contributed by atoms with Gasteiger partial charge in [-0.05, 0) is 41.4 Å². The maximum Gasteiger partial charge on any atom is 0.181 e. The number of H-pyrrole nitrogens is 2. The van der Waals surface area contributed by atoms with E-state index in [0.717, 1.165) is 56.1 Å². The Balaban J connectivity index is 1.52. The van der Waals surface area contributed by atoms with Crippen molar-refractivity contribution in [3.8, 4) is 22.6 Å². The molecule has 0 unspecified atom stereocenters. The minimum Gasteiger partial charge on any atom is -0.358 e. The monoisotopic (exact) mass is 507 g/mol. The van der Waals surface area contributed by atoms with Crippen LogP contribution < -0.4 is 5.32 Å². The Morgan fingerprint density at radius 2 is 1.95 bits per heavy atom. The lowest BCUT2D eigenvalue weighted by Crippen LogP contribution is -2.15. The molecule has 0 atom stereocenters. The van der Waals surface area contributed by atoms with Crippen LogP contribution in [0.1, 0.15) is 37.7 Å². The Morgan fingerprint density at radius 3 is 2.68 bits per heavy atom. The van der Waals surface area contributed by atoms with E-state index in [-0.39, 0.29) is 5.41 Å². The first-order valence-corrected chi connectivity index (χ1v) is 12.9. The highest BCUT2D eigenvalue weighted by Gasteiger charge is 2.19. The largest absolute Gasteiger partial charge is 0.358 e. The van der Waals surface area contributed by atoms with Crippen molar-refractivity contribution in [2.45, 2.75) is 27.7 Å². The number of aromatic nitrogens is 6. The zero-order chi connectivity index (χ0) is 26.2. The summed E-state index contributed by atoms with van der Waals surface area (Å²) in [4.78, 5) is 17.4. The summed E-state index contributed by atoms with van der Waals surface area (Å²) < 4.78 is 0. The van der Waals surface area contributed by atoms with Crippen LogP contribution in [0.15, 0.2) is 78.6 Å². The van der Waals surface area contributed by atoms with Crippen molar-refractivity contribution in [3.05, 3.63) is 95.5 Å². The summed E-state index contributed by atoms with van der Waals surface area (Å²) in [6.45, 7) is 16.4. The Labute approximate surface area is 220 Å². The number of nitrogens with zero attached hydrogens (tertiary/aromatic N) is 4. The van der Waals surface area contributed by atoms with Crippen LogP contribution in [0, 0.1) is 12.3 Å². The number of thiophene rings is 1. The standard InChI is InChI=1S/C29H29N7S/c1-7-8-23(19-9-10-37-16-19)25-17(2)32-28(34-25)26-24-12-21(14-31-27(24)36-35-26)20-11-22(15-30-13-20)33-18(3)29(4,5)6/h7-16,33H,1,3H2,2,4-6H3,(H,32,34)(H,31,35,36)/b23-8-. The molecule has 5 rings (SSSR count). The predicted molar refractivity (Wildman–Crippen MR) is 153 cm³/mol. The molecule has 7 nitrogen and oxygen atoms in total. The van der Waals surface area contributed by atoms with Crippen molar-refractivity contribution in [2.24, 2.45) is 5.41 Å². The van der Waals surface area contributed by atoms with E-state index in [1.807, 2.05) is 25.4 Å².